The Morgan fingerprint density at radius 1 is 0.875 bits per heavy atom. The van der Waals surface area contributed by atoms with Crippen LogP contribution in [0.3, 0.4) is 0 Å². The number of quaternary nitrogens is 1. The fraction of sp³-hybridized carbons (Fsp3) is 0.355. The van der Waals surface area contributed by atoms with Gasteiger partial charge in [0.2, 0.25) is 10.0 Å². The smallest absolute Gasteiger partial charge is 0.490 e. The van der Waals surface area contributed by atoms with Crippen molar-refractivity contribution in [2.75, 3.05) is 47.4 Å². The van der Waals surface area contributed by atoms with Crippen molar-refractivity contribution in [2.45, 2.75) is 30.3 Å². The number of carboxylic acid groups (broad SMARTS) is 2. The first kappa shape index (κ1) is 40.0. The summed E-state index contributed by atoms with van der Waals surface area (Å²) in [5.74, 6) is -5.14. The molecule has 1 aliphatic heterocycles. The van der Waals surface area contributed by atoms with Gasteiger partial charge in [-0.15, -0.1) is 0 Å². The van der Waals surface area contributed by atoms with Gasteiger partial charge in [0.25, 0.3) is 0 Å². The summed E-state index contributed by atoms with van der Waals surface area (Å²) in [6.07, 6.45) is -10.3. The summed E-state index contributed by atoms with van der Waals surface area (Å²) in [6, 6.07) is 23.1. The minimum Gasteiger partial charge on any atom is -0.542 e. The molecular weight excluding hydrogens is 672 g/mol. The van der Waals surface area contributed by atoms with Gasteiger partial charge in [-0.1, -0.05) is 36.4 Å². The molecule has 0 bridgehead atoms. The number of halogens is 6. The summed E-state index contributed by atoms with van der Waals surface area (Å²) in [4.78, 5) is 20.4. The largest absolute Gasteiger partial charge is 0.542 e. The number of aliphatic carboxylic acids is 2. The lowest BCUT2D eigenvalue weighted by Gasteiger charge is -2.39. The number of hydrogen-bond acceptors (Lipinski definition) is 7. The van der Waals surface area contributed by atoms with Gasteiger partial charge < -0.3 is 24.2 Å². The summed E-state index contributed by atoms with van der Waals surface area (Å²) in [7, 11) is 2.54. The van der Waals surface area contributed by atoms with Crippen LogP contribution in [0.2, 0.25) is 0 Å². The van der Waals surface area contributed by atoms with Crippen molar-refractivity contribution in [3.05, 3.63) is 83.9 Å². The number of carbonyl (C=O) groups excluding carboxylic acids is 1. The number of sulfonamides is 1. The Kier molecular flexibility index (Phi) is 14.0. The van der Waals surface area contributed by atoms with Gasteiger partial charge in [-0.25, -0.2) is 17.9 Å². The van der Waals surface area contributed by atoms with Crippen molar-refractivity contribution in [2.24, 2.45) is 0 Å². The number of rotatable bonds is 8. The fourth-order valence-corrected chi connectivity index (χ4v) is 5.21. The van der Waals surface area contributed by atoms with Gasteiger partial charge in [0.1, 0.15) is 11.7 Å². The van der Waals surface area contributed by atoms with Gasteiger partial charge in [0.05, 0.1) is 39.2 Å². The fourth-order valence-electron chi connectivity index (χ4n) is 4.19. The quantitative estimate of drug-likeness (QED) is 0.268. The van der Waals surface area contributed by atoms with Crippen LogP contribution < -0.4 is 14.6 Å². The lowest BCUT2D eigenvalue weighted by Crippen LogP contribution is -2.54. The molecule has 0 aromatic heterocycles. The van der Waals surface area contributed by atoms with E-state index < -0.39 is 34.3 Å². The van der Waals surface area contributed by atoms with Gasteiger partial charge in [0, 0.05) is 26.2 Å². The monoisotopic (exact) mass is 707 g/mol. The average Bonchev–Trinajstić information content (AvgIpc) is 3.01. The lowest BCUT2D eigenvalue weighted by atomic mass is 10.0. The zero-order chi connectivity index (χ0) is 36.3. The first-order valence-corrected chi connectivity index (χ1v) is 15.6. The van der Waals surface area contributed by atoms with Crippen LogP contribution in [0.15, 0.2) is 77.7 Å². The van der Waals surface area contributed by atoms with Crippen LogP contribution in [0.25, 0.3) is 11.1 Å². The lowest BCUT2D eigenvalue weighted by molar-refractivity contribution is -0.894. The van der Waals surface area contributed by atoms with Crippen molar-refractivity contribution in [3.8, 4) is 16.9 Å². The average molecular weight is 708 g/mol. The Bertz CT molecular complexity index is 1600. The van der Waals surface area contributed by atoms with E-state index in [0.29, 0.717) is 5.75 Å². The number of methoxy groups -OCH3 is 1. The number of carboxylic acids is 2. The number of ether oxygens (including phenoxy) is 1. The van der Waals surface area contributed by atoms with E-state index in [1.807, 2.05) is 12.1 Å². The number of alkyl halides is 6. The maximum atomic E-state index is 12.7. The van der Waals surface area contributed by atoms with Gasteiger partial charge in [-0.2, -0.15) is 26.3 Å². The Morgan fingerprint density at radius 2 is 1.33 bits per heavy atom. The highest BCUT2D eigenvalue weighted by Gasteiger charge is 2.38. The minimum atomic E-state index is -5.19. The SMILES string of the molecule is COc1ccc(S(=O)(=O)NCc2cccc(-c3cccc(CN4CC[N+](C)(C)CC4)c3)c2)cc1.O=C(O)C(F)(F)F.O=C([O-])C(F)(F)F. The van der Waals surface area contributed by atoms with Crippen molar-refractivity contribution >= 4 is 22.0 Å². The van der Waals surface area contributed by atoms with Crippen LogP contribution in [0.1, 0.15) is 11.1 Å². The summed E-state index contributed by atoms with van der Waals surface area (Å²) in [6.45, 7) is 5.75. The number of nitrogens with one attached hydrogen (secondary N) is 1. The first-order chi connectivity index (χ1) is 22.1. The molecule has 0 unspecified atom stereocenters. The van der Waals surface area contributed by atoms with E-state index in [9.17, 15) is 34.8 Å². The third-order valence-corrected chi connectivity index (χ3v) is 8.36. The zero-order valence-corrected chi connectivity index (χ0v) is 27.0. The molecule has 48 heavy (non-hydrogen) atoms. The topological polar surface area (TPSA) is 136 Å². The zero-order valence-electron chi connectivity index (χ0n) is 26.1. The van der Waals surface area contributed by atoms with E-state index in [2.05, 4.69) is 60.1 Å². The molecule has 3 aromatic rings. The van der Waals surface area contributed by atoms with E-state index in [-0.39, 0.29) is 11.4 Å². The Balaban J connectivity index is 0.000000479. The predicted octanol–water partition coefficient (Wildman–Crippen LogP) is 3.66. The normalized spacial score (nSPS) is 14.9. The second-order valence-electron chi connectivity index (χ2n) is 11.1. The van der Waals surface area contributed by atoms with Gasteiger partial charge >= 0.3 is 18.3 Å². The maximum absolute atomic E-state index is 12.7. The summed E-state index contributed by atoms with van der Waals surface area (Å²) in [5, 5.41) is 15.9. The van der Waals surface area contributed by atoms with Crippen LogP contribution in [0.4, 0.5) is 26.3 Å². The van der Waals surface area contributed by atoms with Gasteiger partial charge in [0.15, 0.2) is 0 Å². The van der Waals surface area contributed by atoms with Crippen molar-refractivity contribution < 1.29 is 63.8 Å². The molecule has 0 atom stereocenters. The van der Waals surface area contributed by atoms with Crippen molar-refractivity contribution in [1.82, 2.24) is 9.62 Å². The molecule has 264 valence electrons. The molecule has 1 saturated heterocycles. The van der Waals surface area contributed by atoms with Gasteiger partial charge in [-0.3, -0.25) is 4.90 Å². The van der Waals surface area contributed by atoms with Crippen LogP contribution >= 0.6 is 0 Å². The summed E-state index contributed by atoms with van der Waals surface area (Å²) >= 11 is 0. The molecule has 0 amide bonds. The first-order valence-electron chi connectivity index (χ1n) is 14.1. The number of benzene rings is 3. The van der Waals surface area contributed by atoms with Crippen LogP contribution in [-0.4, -0.2) is 94.6 Å². The molecule has 0 radical (unpaired) electrons. The number of hydrogen-bond donors (Lipinski definition) is 2. The second-order valence-corrected chi connectivity index (χ2v) is 12.9. The summed E-state index contributed by atoms with van der Waals surface area (Å²) in [5.41, 5.74) is 4.44. The van der Waals surface area contributed by atoms with Gasteiger partial charge in [-0.05, 0) is 58.7 Å². The molecule has 0 spiro atoms. The molecule has 2 N–H and O–H groups in total. The van der Waals surface area contributed by atoms with E-state index in [1.165, 1.54) is 18.7 Å². The molecule has 17 heteroatoms. The van der Waals surface area contributed by atoms with E-state index in [0.717, 1.165) is 40.8 Å². The number of likely N-dealkylation sites (N-methyl/N-ethyl adjacent to an activating group) is 1. The number of nitrogens with zero attached hydrogens (tertiary/aromatic N) is 2. The predicted molar refractivity (Wildman–Crippen MR) is 161 cm³/mol. The molecule has 0 aliphatic carbocycles. The highest BCUT2D eigenvalue weighted by Crippen LogP contribution is 2.23. The van der Waals surface area contributed by atoms with Crippen molar-refractivity contribution in [1.29, 1.82) is 0 Å². The molecule has 4 rings (SSSR count). The Labute approximate surface area is 273 Å². The van der Waals surface area contributed by atoms with Crippen LogP contribution in [0.5, 0.6) is 5.75 Å². The van der Waals surface area contributed by atoms with Crippen molar-refractivity contribution in [3.63, 3.8) is 0 Å². The molecule has 10 nitrogen and oxygen atoms in total. The molecular formula is C31H35F6N3O7S. The minimum absolute atomic E-state index is 0.219. The van der Waals surface area contributed by atoms with E-state index in [4.69, 9.17) is 24.5 Å². The van der Waals surface area contributed by atoms with E-state index in [1.54, 1.807) is 31.4 Å². The standard InChI is InChI=1S/C27H34N3O3S.2C2HF3O2/c1-30(2)16-14-29(15-17-30)21-23-7-5-9-25(19-23)24-8-4-6-22(18-24)20-28-34(31,32)27-12-10-26(33-3)11-13-27;2*3-2(4,5)1(6)7/h4-13,18-19,28H,14-17,20-21H2,1-3H3;2*(H,6,7)/q+1;;/p-1. The third-order valence-electron chi connectivity index (χ3n) is 6.95. The number of carbonyl (C=O) groups is 2. The molecule has 3 aromatic carbocycles. The molecule has 1 fully saturated rings. The van der Waals surface area contributed by atoms with E-state index >= 15 is 0 Å². The third kappa shape index (κ3) is 13.5. The molecule has 0 saturated carbocycles. The summed E-state index contributed by atoms with van der Waals surface area (Å²) < 4.78 is 97.5. The number of piperazine rings is 1. The second kappa shape index (κ2) is 16.8. The Hall–Kier alpha value is -4.19. The highest BCUT2D eigenvalue weighted by molar-refractivity contribution is 7.89. The van der Waals surface area contributed by atoms with Crippen LogP contribution in [0, 0.1) is 0 Å². The molecule has 1 aliphatic rings. The highest BCUT2D eigenvalue weighted by atomic mass is 32.2. The Morgan fingerprint density at radius 3 is 1.77 bits per heavy atom. The van der Waals surface area contributed by atoms with Crippen LogP contribution in [-0.2, 0) is 32.7 Å². The maximum Gasteiger partial charge on any atom is 0.490 e. The molecule has 1 heterocycles.